The fraction of sp³-hybridized carbons (Fsp3) is 0.449. The number of carbonyl (C=O) groups excluding carboxylic acids is 9. The molecule has 0 saturated carbocycles. The van der Waals surface area contributed by atoms with Gasteiger partial charge in [-0.15, -0.1) is 0 Å². The molecule has 79 heavy (non-hydrogen) atoms. The number of carboxylic acids is 3. The molecule has 430 valence electrons. The first-order valence-electron chi connectivity index (χ1n) is 24.5. The van der Waals surface area contributed by atoms with Crippen LogP contribution in [0.5, 0.6) is 5.75 Å². The van der Waals surface area contributed by atoms with Crippen LogP contribution >= 0.6 is 0 Å². The molecule has 0 aliphatic rings. The average Bonchev–Trinajstić information content (AvgIpc) is 3.93. The zero-order valence-corrected chi connectivity index (χ0v) is 42.9. The number of aliphatic hydroxyl groups is 2. The fourth-order valence-electron chi connectivity index (χ4n) is 7.42. The summed E-state index contributed by atoms with van der Waals surface area (Å²) in [5.41, 5.74) is 11.9. The van der Waals surface area contributed by atoms with Gasteiger partial charge in [0.2, 0.25) is 53.2 Å². The Morgan fingerprint density at radius 1 is 0.557 bits per heavy atom. The highest BCUT2D eigenvalue weighted by molar-refractivity contribution is 5.99. The van der Waals surface area contributed by atoms with Crippen molar-refractivity contribution in [3.8, 4) is 5.75 Å². The Bertz CT molecular complexity index is 2610. The highest BCUT2D eigenvalue weighted by atomic mass is 16.4. The van der Waals surface area contributed by atoms with Gasteiger partial charge in [0.05, 0.1) is 32.4 Å². The second-order valence-corrected chi connectivity index (χ2v) is 18.2. The molecule has 30 nitrogen and oxygen atoms in total. The second-order valence-electron chi connectivity index (χ2n) is 18.2. The van der Waals surface area contributed by atoms with E-state index in [1.54, 1.807) is 44.2 Å². The molecule has 0 bridgehead atoms. The van der Waals surface area contributed by atoms with E-state index in [4.69, 9.17) is 11.5 Å². The summed E-state index contributed by atoms with van der Waals surface area (Å²) in [6.45, 7) is 1.14. The molecule has 19 N–H and O–H groups in total. The normalized spacial score (nSPS) is 14.7. The Labute approximate surface area is 450 Å². The molecule has 10 unspecified atom stereocenters. The van der Waals surface area contributed by atoms with E-state index in [-0.39, 0.29) is 25.0 Å². The van der Waals surface area contributed by atoms with Crippen molar-refractivity contribution in [2.45, 2.75) is 120 Å². The minimum atomic E-state index is -1.97. The predicted octanol–water partition coefficient (Wildman–Crippen LogP) is -5.32. The van der Waals surface area contributed by atoms with Gasteiger partial charge in [-0.25, -0.2) is 9.78 Å². The number of hydrogen-bond donors (Lipinski definition) is 17. The van der Waals surface area contributed by atoms with Crippen molar-refractivity contribution in [3.63, 3.8) is 0 Å². The van der Waals surface area contributed by atoms with Crippen LogP contribution in [0.1, 0.15) is 62.8 Å². The maximum atomic E-state index is 14.4. The number of aromatic amines is 1. The number of primary amides is 1. The molecule has 0 saturated heterocycles. The third-order valence-electron chi connectivity index (χ3n) is 12.0. The third kappa shape index (κ3) is 21.9. The van der Waals surface area contributed by atoms with E-state index >= 15 is 0 Å². The summed E-state index contributed by atoms with van der Waals surface area (Å²) in [5, 5.41) is 77.1. The quantitative estimate of drug-likeness (QED) is 0.0266. The molecule has 3 rings (SSSR count). The molecule has 0 spiro atoms. The van der Waals surface area contributed by atoms with Crippen molar-refractivity contribution in [1.29, 1.82) is 0 Å². The van der Waals surface area contributed by atoms with Gasteiger partial charge in [-0.05, 0) is 35.6 Å². The zero-order chi connectivity index (χ0) is 58.9. The Kier molecular flexibility index (Phi) is 25.9. The van der Waals surface area contributed by atoms with Crippen LogP contribution < -0.4 is 54.0 Å². The highest BCUT2D eigenvalue weighted by Gasteiger charge is 2.37. The van der Waals surface area contributed by atoms with Gasteiger partial charge >= 0.3 is 17.9 Å². The number of nitrogens with two attached hydrogens (primary N) is 2. The van der Waals surface area contributed by atoms with Gasteiger partial charge in [-0.3, -0.25) is 52.7 Å². The molecule has 1 aromatic heterocycles. The number of aromatic hydroxyl groups is 1. The SMILES string of the molecule is CCC(C)C(NC(=O)C(CC(=O)O)NC(=O)C(CO)NC(=O)C(Cc1ccccc1)NC(=O)C(Cc1ccc(O)cc1)NC(=O)C(CCC(=O)O)NC(=O)C(CC(N)=O)NC(=O)C(N)CO)C(=O)NC(Cc1cnc[nH]1)C(=O)O. The van der Waals surface area contributed by atoms with Gasteiger partial charge < -0.3 is 89.6 Å². The first kappa shape index (κ1) is 64.3. The summed E-state index contributed by atoms with van der Waals surface area (Å²) < 4.78 is 0. The first-order chi connectivity index (χ1) is 37.3. The topological polar surface area (TPSA) is 503 Å². The van der Waals surface area contributed by atoms with Crippen LogP contribution in [0.2, 0.25) is 0 Å². The predicted molar refractivity (Wildman–Crippen MR) is 272 cm³/mol. The van der Waals surface area contributed by atoms with Crippen molar-refractivity contribution in [2.75, 3.05) is 13.2 Å². The Morgan fingerprint density at radius 2 is 1.04 bits per heavy atom. The van der Waals surface area contributed by atoms with Crippen LogP contribution in [0.15, 0.2) is 67.1 Å². The van der Waals surface area contributed by atoms with Crippen LogP contribution in [0.25, 0.3) is 0 Å². The number of aliphatic hydroxyl groups excluding tert-OH is 2. The molecular weight excluding hydrogens is 1040 g/mol. The summed E-state index contributed by atoms with van der Waals surface area (Å²) >= 11 is 0. The number of nitrogens with zero attached hydrogens (tertiary/aromatic N) is 1. The molecular formula is C49H66N12O18. The van der Waals surface area contributed by atoms with Crippen LogP contribution in [0, 0.1) is 5.92 Å². The number of carboxylic acid groups (broad SMARTS) is 3. The molecule has 0 aliphatic heterocycles. The summed E-state index contributed by atoms with van der Waals surface area (Å²) in [7, 11) is 0. The minimum absolute atomic E-state index is 0.189. The molecule has 3 aromatic rings. The van der Waals surface area contributed by atoms with Gasteiger partial charge in [-0.1, -0.05) is 62.7 Å². The zero-order valence-electron chi connectivity index (χ0n) is 42.9. The number of imidazole rings is 1. The van der Waals surface area contributed by atoms with Crippen LogP contribution in [0.3, 0.4) is 0 Å². The Morgan fingerprint density at radius 3 is 1.54 bits per heavy atom. The van der Waals surface area contributed by atoms with Crippen LogP contribution in [0.4, 0.5) is 0 Å². The lowest BCUT2D eigenvalue weighted by Crippen LogP contribution is -2.62. The standard InChI is InChI=1S/C49H66N12O18/c1-3-24(2)40(48(77)59-35(49(78)79)17-27-20-52-23-53-27)61-46(75)34(19-39(68)69)58-47(76)36(22-63)60-44(73)31(15-25-7-5-4-6-8-25)57-43(72)32(16-26-9-11-28(64)12-10-26)56-42(71)30(13-14-38(66)67)54-45(74)33(18-37(51)65)55-41(70)29(50)21-62/h4-12,20,23-24,29-36,40,62-64H,3,13-19,21-22,50H2,1-2H3,(H2,51,65)(H,52,53)(H,54,74)(H,55,70)(H,56,71)(H,57,72)(H,58,76)(H,59,77)(H,60,73)(H,61,75)(H,66,67)(H,68,69)(H,78,79). The van der Waals surface area contributed by atoms with Gasteiger partial charge in [0.15, 0.2) is 0 Å². The summed E-state index contributed by atoms with van der Waals surface area (Å²) in [4.78, 5) is 164. The number of aromatic nitrogens is 2. The van der Waals surface area contributed by atoms with Gasteiger partial charge in [0, 0.05) is 37.6 Å². The summed E-state index contributed by atoms with van der Waals surface area (Å²) in [5.74, 6) is -15.8. The second kappa shape index (κ2) is 31.9. The number of hydrogen-bond acceptors (Lipinski definition) is 17. The van der Waals surface area contributed by atoms with E-state index in [9.17, 15) is 88.2 Å². The third-order valence-corrected chi connectivity index (χ3v) is 12.0. The van der Waals surface area contributed by atoms with Gasteiger partial charge in [-0.2, -0.15) is 0 Å². The van der Waals surface area contributed by atoms with Crippen molar-refractivity contribution >= 4 is 71.1 Å². The van der Waals surface area contributed by atoms with E-state index in [2.05, 4.69) is 52.5 Å². The maximum absolute atomic E-state index is 14.4. The number of amides is 9. The minimum Gasteiger partial charge on any atom is -0.508 e. The highest BCUT2D eigenvalue weighted by Crippen LogP contribution is 2.15. The lowest BCUT2D eigenvalue weighted by atomic mass is 9.97. The number of benzene rings is 2. The molecule has 0 fully saturated rings. The first-order valence-corrected chi connectivity index (χ1v) is 24.5. The molecule has 0 radical (unpaired) electrons. The van der Waals surface area contributed by atoms with E-state index in [1.165, 1.54) is 36.8 Å². The van der Waals surface area contributed by atoms with Gasteiger partial charge in [0.25, 0.3) is 0 Å². The maximum Gasteiger partial charge on any atom is 0.326 e. The van der Waals surface area contributed by atoms with E-state index in [1.807, 2.05) is 0 Å². The number of nitrogens with one attached hydrogen (secondary N) is 9. The molecule has 1 heterocycles. The molecule has 2 aromatic carbocycles. The number of rotatable bonds is 34. The number of phenols is 1. The fourth-order valence-corrected chi connectivity index (χ4v) is 7.42. The average molecular weight is 1110 g/mol. The molecule has 9 amide bonds. The molecule has 10 atom stereocenters. The van der Waals surface area contributed by atoms with E-state index < -0.39 is 177 Å². The summed E-state index contributed by atoms with van der Waals surface area (Å²) in [6.07, 6.45) is -1.43. The Hall–Kier alpha value is -9.03. The van der Waals surface area contributed by atoms with Crippen molar-refractivity contribution in [1.82, 2.24) is 52.5 Å². The molecule has 0 aliphatic carbocycles. The number of aliphatic carboxylic acids is 3. The van der Waals surface area contributed by atoms with Crippen molar-refractivity contribution in [3.05, 3.63) is 83.9 Å². The lowest BCUT2D eigenvalue weighted by Gasteiger charge is -2.28. The summed E-state index contributed by atoms with van der Waals surface area (Å²) in [6, 6.07) is -2.30. The number of phenolic OH excluding ortho intramolecular Hbond substituents is 1. The Balaban J connectivity index is 1.95. The van der Waals surface area contributed by atoms with Crippen LogP contribution in [-0.4, -0.2) is 179 Å². The van der Waals surface area contributed by atoms with E-state index in [0.717, 1.165) is 0 Å². The number of carbonyl (C=O) groups is 12. The van der Waals surface area contributed by atoms with Gasteiger partial charge in [0.1, 0.15) is 60.1 Å². The largest absolute Gasteiger partial charge is 0.508 e. The monoisotopic (exact) mass is 1110 g/mol. The molecule has 30 heteroatoms. The van der Waals surface area contributed by atoms with Crippen LogP contribution in [-0.2, 0) is 76.8 Å². The number of H-pyrrole nitrogens is 1. The lowest BCUT2D eigenvalue weighted by molar-refractivity contribution is -0.143. The van der Waals surface area contributed by atoms with Crippen molar-refractivity contribution < 1.29 is 88.2 Å². The van der Waals surface area contributed by atoms with E-state index in [0.29, 0.717) is 16.8 Å². The smallest absolute Gasteiger partial charge is 0.326 e. The van der Waals surface area contributed by atoms with Crippen molar-refractivity contribution in [2.24, 2.45) is 17.4 Å².